The average molecular weight is 345 g/mol. The highest BCUT2D eigenvalue weighted by atomic mass is 19.4. The molecule has 128 valence electrons. The summed E-state index contributed by atoms with van der Waals surface area (Å²) in [6.07, 6.45) is 1.49. The first-order valence-corrected chi connectivity index (χ1v) is 7.38. The Bertz CT molecular complexity index is 987. The number of alkyl halides is 3. The third-order valence-corrected chi connectivity index (χ3v) is 3.73. The Balaban J connectivity index is 2.12. The highest BCUT2D eigenvalue weighted by molar-refractivity contribution is 5.95. The molecule has 0 aliphatic carbocycles. The third kappa shape index (κ3) is 3.55. The van der Waals surface area contributed by atoms with Gasteiger partial charge in [-0.3, -0.25) is 4.79 Å². The van der Waals surface area contributed by atoms with Gasteiger partial charge in [0.15, 0.2) is 0 Å². The molecule has 3 rings (SSSR count). The van der Waals surface area contributed by atoms with Crippen molar-refractivity contribution in [3.05, 3.63) is 59.4 Å². The van der Waals surface area contributed by atoms with Gasteiger partial charge >= 0.3 is 6.18 Å². The van der Waals surface area contributed by atoms with Crippen LogP contribution in [-0.4, -0.2) is 15.9 Å². The largest absolute Gasteiger partial charge is 0.416 e. The SMILES string of the molecule is Cc1cc(-c2cnc3[nH]cc(/C=C/C(N)=O)c3c2)cc(C(F)(F)F)c1. The monoisotopic (exact) mass is 345 g/mol. The number of rotatable bonds is 3. The predicted molar refractivity (Wildman–Crippen MR) is 89.5 cm³/mol. The second-order valence-electron chi connectivity index (χ2n) is 5.69. The van der Waals surface area contributed by atoms with Gasteiger partial charge in [0.1, 0.15) is 5.65 Å². The molecule has 1 amide bonds. The molecular weight excluding hydrogens is 331 g/mol. The fourth-order valence-corrected chi connectivity index (χ4v) is 2.60. The Labute approximate surface area is 141 Å². The Morgan fingerprint density at radius 3 is 2.64 bits per heavy atom. The molecule has 2 aromatic heterocycles. The molecule has 2 heterocycles. The number of nitrogens with one attached hydrogen (secondary N) is 1. The van der Waals surface area contributed by atoms with Gasteiger partial charge in [-0.1, -0.05) is 6.07 Å². The number of benzene rings is 1. The quantitative estimate of drug-likeness (QED) is 0.703. The number of halogens is 3. The van der Waals surface area contributed by atoms with Crippen LogP contribution in [0.3, 0.4) is 0 Å². The van der Waals surface area contributed by atoms with Gasteiger partial charge < -0.3 is 10.7 Å². The van der Waals surface area contributed by atoms with E-state index in [1.807, 2.05) is 0 Å². The number of H-pyrrole nitrogens is 1. The molecule has 0 fully saturated rings. The molecule has 1 aromatic carbocycles. The van der Waals surface area contributed by atoms with E-state index in [2.05, 4.69) is 9.97 Å². The number of hydrogen-bond acceptors (Lipinski definition) is 2. The third-order valence-electron chi connectivity index (χ3n) is 3.73. The summed E-state index contributed by atoms with van der Waals surface area (Å²) in [6.45, 7) is 1.61. The zero-order chi connectivity index (χ0) is 18.2. The van der Waals surface area contributed by atoms with Gasteiger partial charge in [-0.2, -0.15) is 13.2 Å². The van der Waals surface area contributed by atoms with Crippen molar-refractivity contribution in [1.82, 2.24) is 9.97 Å². The summed E-state index contributed by atoms with van der Waals surface area (Å²) in [7, 11) is 0. The smallest absolute Gasteiger partial charge is 0.366 e. The standard InChI is InChI=1S/C18H14F3N3O/c1-10-4-12(6-14(5-10)18(19,20)21)13-7-15-11(2-3-16(22)25)8-23-17(15)24-9-13/h2-9H,1H3,(H2,22,25)(H,23,24)/b3-2+. The van der Waals surface area contributed by atoms with E-state index in [1.54, 1.807) is 25.3 Å². The van der Waals surface area contributed by atoms with Crippen LogP contribution < -0.4 is 5.73 Å². The summed E-state index contributed by atoms with van der Waals surface area (Å²) >= 11 is 0. The van der Waals surface area contributed by atoms with Gasteiger partial charge in [-0.15, -0.1) is 0 Å². The van der Waals surface area contributed by atoms with E-state index < -0.39 is 17.6 Å². The minimum absolute atomic E-state index is 0.424. The molecule has 0 aliphatic rings. The molecule has 0 radical (unpaired) electrons. The Morgan fingerprint density at radius 1 is 1.20 bits per heavy atom. The van der Waals surface area contributed by atoms with E-state index in [1.165, 1.54) is 18.3 Å². The van der Waals surface area contributed by atoms with Crippen LogP contribution in [0.15, 0.2) is 42.7 Å². The normalized spacial score (nSPS) is 12.2. The lowest BCUT2D eigenvalue weighted by molar-refractivity contribution is -0.137. The second-order valence-corrected chi connectivity index (χ2v) is 5.69. The van der Waals surface area contributed by atoms with Crippen LogP contribution in [0.2, 0.25) is 0 Å². The van der Waals surface area contributed by atoms with E-state index in [-0.39, 0.29) is 0 Å². The van der Waals surface area contributed by atoms with E-state index in [0.29, 0.717) is 33.3 Å². The van der Waals surface area contributed by atoms with Crippen LogP contribution in [0.1, 0.15) is 16.7 Å². The van der Waals surface area contributed by atoms with Crippen molar-refractivity contribution in [2.45, 2.75) is 13.1 Å². The average Bonchev–Trinajstić information content (AvgIpc) is 2.93. The molecule has 0 unspecified atom stereocenters. The number of nitrogens with two attached hydrogens (primary N) is 1. The van der Waals surface area contributed by atoms with Gasteiger partial charge in [-0.05, 0) is 42.3 Å². The maximum absolute atomic E-state index is 13.0. The molecule has 0 atom stereocenters. The minimum atomic E-state index is -4.41. The molecule has 3 aromatic rings. The maximum atomic E-state index is 13.0. The van der Waals surface area contributed by atoms with Gasteiger partial charge in [0.2, 0.25) is 5.91 Å². The summed E-state index contributed by atoms with van der Waals surface area (Å²) in [6, 6.07) is 5.60. The Hall–Kier alpha value is -3.09. The molecule has 0 saturated carbocycles. The fourth-order valence-electron chi connectivity index (χ4n) is 2.60. The Morgan fingerprint density at radius 2 is 1.96 bits per heavy atom. The van der Waals surface area contributed by atoms with E-state index in [9.17, 15) is 18.0 Å². The molecule has 0 saturated heterocycles. The minimum Gasteiger partial charge on any atom is -0.366 e. The van der Waals surface area contributed by atoms with E-state index >= 15 is 0 Å². The maximum Gasteiger partial charge on any atom is 0.416 e. The lowest BCUT2D eigenvalue weighted by Gasteiger charge is -2.11. The number of hydrogen-bond donors (Lipinski definition) is 2. The summed E-state index contributed by atoms with van der Waals surface area (Å²) in [5.74, 6) is -0.591. The zero-order valence-electron chi connectivity index (χ0n) is 13.2. The van der Waals surface area contributed by atoms with Crippen LogP contribution in [0.4, 0.5) is 13.2 Å². The van der Waals surface area contributed by atoms with Crippen molar-refractivity contribution in [3.8, 4) is 11.1 Å². The molecule has 3 N–H and O–H groups in total. The van der Waals surface area contributed by atoms with E-state index in [4.69, 9.17) is 5.73 Å². The van der Waals surface area contributed by atoms with Crippen LogP contribution in [-0.2, 0) is 11.0 Å². The van der Waals surface area contributed by atoms with Crippen molar-refractivity contribution in [3.63, 3.8) is 0 Å². The number of primary amides is 1. The molecular formula is C18H14F3N3O. The molecule has 0 aliphatic heterocycles. The first-order chi connectivity index (χ1) is 11.7. The number of fused-ring (bicyclic) bond motifs is 1. The van der Waals surface area contributed by atoms with Gasteiger partial charge in [0.25, 0.3) is 0 Å². The van der Waals surface area contributed by atoms with Crippen molar-refractivity contribution < 1.29 is 18.0 Å². The number of aryl methyl sites for hydroxylation is 1. The number of aromatic amines is 1. The van der Waals surface area contributed by atoms with Crippen molar-refractivity contribution in [2.24, 2.45) is 5.73 Å². The number of amides is 1. The zero-order valence-corrected chi connectivity index (χ0v) is 13.2. The van der Waals surface area contributed by atoms with Crippen LogP contribution in [0, 0.1) is 6.92 Å². The molecule has 0 bridgehead atoms. The first-order valence-electron chi connectivity index (χ1n) is 7.38. The first kappa shape index (κ1) is 16.8. The highest BCUT2D eigenvalue weighted by Crippen LogP contribution is 2.34. The van der Waals surface area contributed by atoms with Crippen LogP contribution in [0.5, 0.6) is 0 Å². The Kier molecular flexibility index (Phi) is 4.08. The number of nitrogens with zero attached hydrogens (tertiary/aromatic N) is 1. The van der Waals surface area contributed by atoms with E-state index in [0.717, 1.165) is 12.1 Å². The van der Waals surface area contributed by atoms with Gasteiger partial charge in [0.05, 0.1) is 5.56 Å². The predicted octanol–water partition coefficient (Wildman–Crippen LogP) is 4.06. The van der Waals surface area contributed by atoms with Gasteiger partial charge in [0, 0.05) is 35.0 Å². The summed E-state index contributed by atoms with van der Waals surface area (Å²) < 4.78 is 39.1. The number of aromatic nitrogens is 2. The molecule has 4 nitrogen and oxygen atoms in total. The van der Waals surface area contributed by atoms with Crippen LogP contribution in [0.25, 0.3) is 28.2 Å². The fraction of sp³-hybridized carbons (Fsp3) is 0.111. The number of pyridine rings is 1. The second kappa shape index (κ2) is 6.08. The lowest BCUT2D eigenvalue weighted by Crippen LogP contribution is -2.05. The molecule has 0 spiro atoms. The van der Waals surface area contributed by atoms with Crippen molar-refractivity contribution >= 4 is 23.0 Å². The van der Waals surface area contributed by atoms with Crippen molar-refractivity contribution in [1.29, 1.82) is 0 Å². The molecule has 25 heavy (non-hydrogen) atoms. The topological polar surface area (TPSA) is 71.8 Å². The summed E-state index contributed by atoms with van der Waals surface area (Å²) in [4.78, 5) is 18.1. The summed E-state index contributed by atoms with van der Waals surface area (Å²) in [5, 5.41) is 0.685. The summed E-state index contributed by atoms with van der Waals surface area (Å²) in [5.41, 5.74) is 7.11. The highest BCUT2D eigenvalue weighted by Gasteiger charge is 2.31. The molecule has 7 heteroatoms. The van der Waals surface area contributed by atoms with Gasteiger partial charge in [-0.25, -0.2) is 4.98 Å². The van der Waals surface area contributed by atoms with Crippen LogP contribution >= 0.6 is 0 Å². The number of carbonyl (C=O) groups excluding carboxylic acids is 1. The number of carbonyl (C=O) groups is 1. The lowest BCUT2D eigenvalue weighted by atomic mass is 10.00. The van der Waals surface area contributed by atoms with Crippen molar-refractivity contribution in [2.75, 3.05) is 0 Å².